The number of carbonyl (C=O) groups excluding carboxylic acids is 1. The molecule has 0 aliphatic carbocycles. The van der Waals surface area contributed by atoms with Gasteiger partial charge < -0.3 is 20.5 Å². The van der Waals surface area contributed by atoms with Gasteiger partial charge in [-0.1, -0.05) is 0 Å². The van der Waals surface area contributed by atoms with E-state index in [4.69, 9.17) is 15.2 Å². The summed E-state index contributed by atoms with van der Waals surface area (Å²) in [5.74, 6) is 1.43. The molecule has 0 bridgehead atoms. The number of nitrogens with two attached hydrogens (primary N) is 1. The molecule has 3 rings (SSSR count). The summed E-state index contributed by atoms with van der Waals surface area (Å²) >= 11 is 1.45. The maximum Gasteiger partial charge on any atom is 0.261 e. The fourth-order valence-corrected chi connectivity index (χ4v) is 3.00. The summed E-state index contributed by atoms with van der Waals surface area (Å²) in [5.41, 5.74) is 6.39. The molecule has 3 N–H and O–H groups in total. The summed E-state index contributed by atoms with van der Waals surface area (Å²) in [4.78, 5) is 13.6. The Hall–Kier alpha value is -2.05. The Labute approximate surface area is 126 Å². The number of hydrogen-bond acceptors (Lipinski definition) is 5. The van der Waals surface area contributed by atoms with Crippen molar-refractivity contribution < 1.29 is 14.3 Å². The van der Waals surface area contributed by atoms with Crippen molar-refractivity contribution in [2.24, 2.45) is 5.73 Å². The third-order valence-electron chi connectivity index (χ3n) is 3.09. The van der Waals surface area contributed by atoms with Crippen molar-refractivity contribution in [2.75, 3.05) is 26.3 Å². The first kappa shape index (κ1) is 13.9. The van der Waals surface area contributed by atoms with Crippen LogP contribution in [0.3, 0.4) is 0 Å². The Kier molecular flexibility index (Phi) is 4.08. The van der Waals surface area contributed by atoms with Gasteiger partial charge in [0.2, 0.25) is 0 Å². The summed E-state index contributed by atoms with van der Waals surface area (Å²) < 4.78 is 11.1. The van der Waals surface area contributed by atoms with Crippen molar-refractivity contribution >= 4 is 17.2 Å². The maximum absolute atomic E-state index is 11.9. The number of carbonyl (C=O) groups is 1. The number of fused-ring (bicyclic) bond motifs is 1. The molecule has 21 heavy (non-hydrogen) atoms. The van der Waals surface area contributed by atoms with Crippen LogP contribution in [-0.2, 0) is 0 Å². The van der Waals surface area contributed by atoms with Gasteiger partial charge in [-0.05, 0) is 35.9 Å². The predicted octanol–water partition coefficient (Wildman–Crippen LogP) is 1.87. The summed E-state index contributed by atoms with van der Waals surface area (Å²) in [6.07, 6.45) is 0. The molecular formula is C15H16N2O3S. The Balaban J connectivity index is 1.81. The van der Waals surface area contributed by atoms with Gasteiger partial charge in [-0.25, -0.2) is 0 Å². The summed E-state index contributed by atoms with van der Waals surface area (Å²) in [7, 11) is 0. The standard InChI is InChI=1S/C15H16N2O3S/c16-5-6-17-15(18)14-4-3-13(21-14)10-1-2-11-12(9-10)20-8-7-19-11/h1-4,9H,5-8,16H2,(H,17,18). The van der Waals surface area contributed by atoms with E-state index in [2.05, 4.69) is 5.32 Å². The molecule has 0 atom stereocenters. The van der Waals surface area contributed by atoms with Gasteiger partial charge in [0.1, 0.15) is 13.2 Å². The van der Waals surface area contributed by atoms with Crippen LogP contribution in [0.1, 0.15) is 9.67 Å². The normalized spacial score (nSPS) is 13.0. The Bertz CT molecular complexity index is 654. The van der Waals surface area contributed by atoms with Gasteiger partial charge in [0, 0.05) is 18.0 Å². The molecular weight excluding hydrogens is 288 g/mol. The Morgan fingerprint density at radius 1 is 1.19 bits per heavy atom. The Morgan fingerprint density at radius 3 is 2.81 bits per heavy atom. The highest BCUT2D eigenvalue weighted by molar-refractivity contribution is 7.17. The van der Waals surface area contributed by atoms with Crippen LogP contribution < -0.4 is 20.5 Å². The van der Waals surface area contributed by atoms with Gasteiger partial charge in [-0.3, -0.25) is 4.79 Å². The monoisotopic (exact) mass is 304 g/mol. The first-order valence-corrected chi connectivity index (χ1v) is 7.57. The molecule has 0 fully saturated rings. The molecule has 1 aliphatic rings. The number of amides is 1. The van der Waals surface area contributed by atoms with E-state index >= 15 is 0 Å². The van der Waals surface area contributed by atoms with Crippen LogP contribution in [0.2, 0.25) is 0 Å². The van der Waals surface area contributed by atoms with Gasteiger partial charge in [-0.2, -0.15) is 0 Å². The second-order valence-corrected chi connectivity index (χ2v) is 5.65. The van der Waals surface area contributed by atoms with E-state index in [-0.39, 0.29) is 5.91 Å². The minimum Gasteiger partial charge on any atom is -0.486 e. The van der Waals surface area contributed by atoms with Crippen LogP contribution in [0.4, 0.5) is 0 Å². The topological polar surface area (TPSA) is 73.6 Å². The molecule has 2 aromatic rings. The van der Waals surface area contributed by atoms with Crippen molar-refractivity contribution in [3.05, 3.63) is 35.2 Å². The minimum absolute atomic E-state index is 0.0887. The lowest BCUT2D eigenvalue weighted by Crippen LogP contribution is -2.28. The van der Waals surface area contributed by atoms with Crippen molar-refractivity contribution in [3.8, 4) is 21.9 Å². The van der Waals surface area contributed by atoms with Crippen LogP contribution in [-0.4, -0.2) is 32.2 Å². The first-order chi connectivity index (χ1) is 10.3. The van der Waals surface area contributed by atoms with Crippen molar-refractivity contribution in [2.45, 2.75) is 0 Å². The summed E-state index contributed by atoms with van der Waals surface area (Å²) in [5, 5.41) is 2.77. The average Bonchev–Trinajstić information content (AvgIpc) is 3.02. The van der Waals surface area contributed by atoms with E-state index in [9.17, 15) is 4.79 Å². The molecule has 0 saturated carbocycles. The highest BCUT2D eigenvalue weighted by atomic mass is 32.1. The molecule has 110 valence electrons. The molecule has 1 amide bonds. The number of ether oxygens (including phenoxy) is 2. The van der Waals surface area contributed by atoms with Crippen molar-refractivity contribution in [1.29, 1.82) is 0 Å². The molecule has 1 aromatic heterocycles. The van der Waals surface area contributed by atoms with E-state index in [1.54, 1.807) is 0 Å². The molecule has 5 nitrogen and oxygen atoms in total. The van der Waals surface area contributed by atoms with E-state index in [1.165, 1.54) is 11.3 Å². The van der Waals surface area contributed by atoms with Crippen LogP contribution in [0.5, 0.6) is 11.5 Å². The van der Waals surface area contributed by atoms with Crippen LogP contribution in [0.25, 0.3) is 10.4 Å². The third kappa shape index (κ3) is 3.01. The molecule has 6 heteroatoms. The van der Waals surface area contributed by atoms with E-state index in [0.717, 1.165) is 21.9 Å². The van der Waals surface area contributed by atoms with Crippen LogP contribution in [0.15, 0.2) is 30.3 Å². The smallest absolute Gasteiger partial charge is 0.261 e. The Morgan fingerprint density at radius 2 is 2.00 bits per heavy atom. The second kappa shape index (κ2) is 6.15. The summed E-state index contributed by atoms with van der Waals surface area (Å²) in [6, 6.07) is 9.58. The molecule has 0 spiro atoms. The van der Waals surface area contributed by atoms with Gasteiger partial charge in [0.25, 0.3) is 5.91 Å². The van der Waals surface area contributed by atoms with E-state index in [0.29, 0.717) is 31.2 Å². The molecule has 2 heterocycles. The highest BCUT2D eigenvalue weighted by Gasteiger charge is 2.14. The maximum atomic E-state index is 11.9. The lowest BCUT2D eigenvalue weighted by atomic mass is 10.1. The fourth-order valence-electron chi connectivity index (χ4n) is 2.08. The van der Waals surface area contributed by atoms with Gasteiger partial charge in [0.05, 0.1) is 4.88 Å². The number of thiophene rings is 1. The van der Waals surface area contributed by atoms with Crippen molar-refractivity contribution in [3.63, 3.8) is 0 Å². The highest BCUT2D eigenvalue weighted by Crippen LogP contribution is 2.36. The number of hydrogen-bond donors (Lipinski definition) is 2. The second-order valence-electron chi connectivity index (χ2n) is 4.57. The zero-order chi connectivity index (χ0) is 14.7. The lowest BCUT2D eigenvalue weighted by molar-refractivity contribution is 0.0959. The van der Waals surface area contributed by atoms with E-state index in [1.807, 2.05) is 30.3 Å². The summed E-state index contributed by atoms with van der Waals surface area (Å²) in [6.45, 7) is 2.06. The molecule has 0 unspecified atom stereocenters. The van der Waals surface area contributed by atoms with Crippen molar-refractivity contribution in [1.82, 2.24) is 5.32 Å². The molecule has 0 radical (unpaired) electrons. The SMILES string of the molecule is NCCNC(=O)c1ccc(-c2ccc3c(c2)OCCO3)s1. The zero-order valence-corrected chi connectivity index (χ0v) is 12.2. The number of benzene rings is 1. The minimum atomic E-state index is -0.0887. The largest absolute Gasteiger partial charge is 0.486 e. The van der Waals surface area contributed by atoms with Crippen LogP contribution in [0, 0.1) is 0 Å². The third-order valence-corrected chi connectivity index (χ3v) is 4.22. The predicted molar refractivity (Wildman–Crippen MR) is 82.1 cm³/mol. The number of rotatable bonds is 4. The lowest BCUT2D eigenvalue weighted by Gasteiger charge is -2.18. The van der Waals surface area contributed by atoms with Crippen LogP contribution >= 0.6 is 11.3 Å². The van der Waals surface area contributed by atoms with Gasteiger partial charge in [-0.15, -0.1) is 11.3 Å². The van der Waals surface area contributed by atoms with Gasteiger partial charge in [0.15, 0.2) is 11.5 Å². The molecule has 1 aliphatic heterocycles. The fraction of sp³-hybridized carbons (Fsp3) is 0.267. The zero-order valence-electron chi connectivity index (χ0n) is 11.4. The van der Waals surface area contributed by atoms with E-state index < -0.39 is 0 Å². The van der Waals surface area contributed by atoms with Gasteiger partial charge >= 0.3 is 0 Å². The molecule has 1 aromatic carbocycles. The average molecular weight is 304 g/mol. The molecule has 0 saturated heterocycles. The quantitative estimate of drug-likeness (QED) is 0.904. The first-order valence-electron chi connectivity index (χ1n) is 6.76. The number of nitrogens with one attached hydrogen (secondary N) is 1.